The van der Waals surface area contributed by atoms with Crippen molar-refractivity contribution >= 4 is 28.6 Å². The minimum absolute atomic E-state index is 0.0258. The van der Waals surface area contributed by atoms with Crippen LogP contribution in [0.4, 0.5) is 0 Å². The molecule has 0 amide bonds. The van der Waals surface area contributed by atoms with Gasteiger partial charge in [-0.15, -0.1) is 0 Å². The highest BCUT2D eigenvalue weighted by Gasteiger charge is 2.09. The van der Waals surface area contributed by atoms with Crippen molar-refractivity contribution < 1.29 is 9.53 Å². The summed E-state index contributed by atoms with van der Waals surface area (Å²) in [6, 6.07) is 0. The fourth-order valence-corrected chi connectivity index (χ4v) is 2.52. The highest BCUT2D eigenvalue weighted by Crippen LogP contribution is 2.12. The van der Waals surface area contributed by atoms with Crippen LogP contribution in [0.2, 0.25) is 0 Å². The fraction of sp³-hybridized carbons (Fsp3) is 0.941. The first-order chi connectivity index (χ1) is 9.70. The lowest BCUT2D eigenvalue weighted by Crippen LogP contribution is -2.11. The van der Waals surface area contributed by atoms with Crippen LogP contribution in [0, 0.1) is 0 Å². The van der Waals surface area contributed by atoms with E-state index < -0.39 is 0 Å². The van der Waals surface area contributed by atoms with Gasteiger partial charge in [-0.3, -0.25) is 4.79 Å². The van der Waals surface area contributed by atoms with E-state index in [1.165, 1.54) is 57.8 Å². The van der Waals surface area contributed by atoms with Crippen LogP contribution in [0.15, 0.2) is 0 Å². The van der Waals surface area contributed by atoms with E-state index in [1.807, 2.05) is 0 Å². The van der Waals surface area contributed by atoms with E-state index in [-0.39, 0.29) is 5.97 Å². The number of hydrogen-bond acceptors (Lipinski definition) is 2. The number of carbonyl (C=O) groups is 1. The maximum atomic E-state index is 11.4. The van der Waals surface area contributed by atoms with Crippen molar-refractivity contribution in [1.29, 1.82) is 0 Å². The summed E-state index contributed by atoms with van der Waals surface area (Å²) in [6.07, 6.45) is 14.7. The second-order valence-electron chi connectivity index (χ2n) is 5.61. The standard InChI is InChI=1S/C17H33IO2/c1-3-5-6-7-8-9-10-11-12-13-14-20-17(19)15-16(18)4-2/h16H,3-15H2,1-2H3. The van der Waals surface area contributed by atoms with Crippen molar-refractivity contribution in [3.63, 3.8) is 0 Å². The second kappa shape index (κ2) is 15.6. The van der Waals surface area contributed by atoms with Crippen LogP contribution in [-0.2, 0) is 9.53 Å². The summed E-state index contributed by atoms with van der Waals surface area (Å²) < 4.78 is 5.67. The Morgan fingerprint density at radius 3 is 1.90 bits per heavy atom. The summed E-state index contributed by atoms with van der Waals surface area (Å²) in [5, 5.41) is 0. The van der Waals surface area contributed by atoms with Crippen LogP contribution in [0.3, 0.4) is 0 Å². The zero-order valence-electron chi connectivity index (χ0n) is 13.5. The maximum absolute atomic E-state index is 11.4. The van der Waals surface area contributed by atoms with Crippen molar-refractivity contribution in [2.75, 3.05) is 6.61 Å². The molecule has 1 unspecified atom stereocenters. The molecule has 20 heavy (non-hydrogen) atoms. The summed E-state index contributed by atoms with van der Waals surface area (Å²) in [5.41, 5.74) is 0. The van der Waals surface area contributed by atoms with Crippen LogP contribution >= 0.6 is 22.6 Å². The van der Waals surface area contributed by atoms with E-state index in [1.54, 1.807) is 0 Å². The van der Waals surface area contributed by atoms with Gasteiger partial charge in [0, 0.05) is 3.92 Å². The van der Waals surface area contributed by atoms with Crippen LogP contribution in [0.5, 0.6) is 0 Å². The summed E-state index contributed by atoms with van der Waals surface area (Å²) in [4.78, 5) is 11.4. The van der Waals surface area contributed by atoms with E-state index in [4.69, 9.17) is 4.74 Å². The van der Waals surface area contributed by atoms with Crippen molar-refractivity contribution in [3.05, 3.63) is 0 Å². The zero-order chi connectivity index (χ0) is 15.1. The van der Waals surface area contributed by atoms with Gasteiger partial charge in [0.1, 0.15) is 0 Å². The molecule has 0 bridgehead atoms. The predicted molar refractivity (Wildman–Crippen MR) is 95.5 cm³/mol. The lowest BCUT2D eigenvalue weighted by atomic mass is 10.1. The molecule has 0 fully saturated rings. The Morgan fingerprint density at radius 1 is 0.900 bits per heavy atom. The molecule has 0 spiro atoms. The van der Waals surface area contributed by atoms with Gasteiger partial charge in [0.05, 0.1) is 13.0 Å². The molecule has 0 N–H and O–H groups in total. The predicted octanol–water partition coefficient (Wildman–Crippen LogP) is 6.05. The molecule has 0 saturated carbocycles. The number of halogens is 1. The first-order valence-corrected chi connectivity index (χ1v) is 9.75. The Labute approximate surface area is 139 Å². The fourth-order valence-electron chi connectivity index (χ4n) is 2.16. The molecule has 2 nitrogen and oxygen atoms in total. The van der Waals surface area contributed by atoms with Gasteiger partial charge >= 0.3 is 5.97 Å². The average Bonchev–Trinajstić information content (AvgIpc) is 2.44. The Kier molecular flexibility index (Phi) is 15.7. The first kappa shape index (κ1) is 20.2. The second-order valence-corrected chi connectivity index (χ2v) is 7.37. The molecule has 0 aromatic rings. The van der Waals surface area contributed by atoms with E-state index in [2.05, 4.69) is 36.4 Å². The summed E-state index contributed by atoms with van der Waals surface area (Å²) in [5.74, 6) is -0.0258. The molecule has 0 aliphatic rings. The lowest BCUT2D eigenvalue weighted by Gasteiger charge is -2.07. The number of hydrogen-bond donors (Lipinski definition) is 0. The van der Waals surface area contributed by atoms with Gasteiger partial charge < -0.3 is 4.74 Å². The third-order valence-electron chi connectivity index (χ3n) is 3.59. The monoisotopic (exact) mass is 396 g/mol. The number of carbonyl (C=O) groups excluding carboxylic acids is 1. The Balaban J connectivity index is 3.14. The topological polar surface area (TPSA) is 26.3 Å². The minimum Gasteiger partial charge on any atom is -0.466 e. The SMILES string of the molecule is CCCCCCCCCCCCOC(=O)CC(I)CC. The van der Waals surface area contributed by atoms with Crippen LogP contribution in [0.25, 0.3) is 0 Å². The molecule has 1 atom stereocenters. The van der Waals surface area contributed by atoms with Gasteiger partial charge in [-0.05, 0) is 12.8 Å². The molecule has 0 aliphatic heterocycles. The summed E-state index contributed by atoms with van der Waals surface area (Å²) >= 11 is 2.32. The molecule has 3 heteroatoms. The number of rotatable bonds is 14. The molecular formula is C17H33IO2. The Bertz CT molecular complexity index is 219. The van der Waals surface area contributed by atoms with E-state index in [0.717, 1.165) is 12.8 Å². The molecular weight excluding hydrogens is 363 g/mol. The molecule has 0 aromatic carbocycles. The third-order valence-corrected chi connectivity index (χ3v) is 4.91. The van der Waals surface area contributed by atoms with Gasteiger partial charge in [0.15, 0.2) is 0 Å². The highest BCUT2D eigenvalue weighted by atomic mass is 127. The molecule has 0 aliphatic carbocycles. The van der Waals surface area contributed by atoms with Gasteiger partial charge in [-0.2, -0.15) is 0 Å². The van der Waals surface area contributed by atoms with E-state index in [0.29, 0.717) is 17.0 Å². The lowest BCUT2D eigenvalue weighted by molar-refractivity contribution is -0.143. The third kappa shape index (κ3) is 14.6. The normalized spacial score (nSPS) is 12.3. The maximum Gasteiger partial charge on any atom is 0.306 e. The van der Waals surface area contributed by atoms with Crippen LogP contribution in [0.1, 0.15) is 90.9 Å². The average molecular weight is 396 g/mol. The molecule has 0 aromatic heterocycles. The summed E-state index contributed by atoms with van der Waals surface area (Å²) in [6.45, 7) is 4.98. The minimum atomic E-state index is -0.0258. The number of ether oxygens (including phenoxy) is 1. The van der Waals surface area contributed by atoms with Crippen molar-refractivity contribution in [2.45, 2.75) is 94.8 Å². The van der Waals surface area contributed by atoms with Gasteiger partial charge in [0.2, 0.25) is 0 Å². The van der Waals surface area contributed by atoms with E-state index in [9.17, 15) is 4.79 Å². The molecule has 0 rings (SSSR count). The van der Waals surface area contributed by atoms with Crippen LogP contribution < -0.4 is 0 Å². The Morgan fingerprint density at radius 2 is 1.40 bits per heavy atom. The highest BCUT2D eigenvalue weighted by molar-refractivity contribution is 14.1. The van der Waals surface area contributed by atoms with Crippen molar-refractivity contribution in [3.8, 4) is 0 Å². The molecule has 0 heterocycles. The van der Waals surface area contributed by atoms with Crippen LogP contribution in [-0.4, -0.2) is 16.5 Å². The summed E-state index contributed by atoms with van der Waals surface area (Å²) in [7, 11) is 0. The number of alkyl halides is 1. The first-order valence-electron chi connectivity index (χ1n) is 8.50. The number of unbranched alkanes of at least 4 members (excludes halogenated alkanes) is 9. The van der Waals surface area contributed by atoms with Crippen molar-refractivity contribution in [1.82, 2.24) is 0 Å². The van der Waals surface area contributed by atoms with Gasteiger partial charge in [-0.1, -0.05) is 94.2 Å². The Hall–Kier alpha value is 0.200. The molecule has 0 saturated heterocycles. The smallest absolute Gasteiger partial charge is 0.306 e. The molecule has 0 radical (unpaired) electrons. The largest absolute Gasteiger partial charge is 0.466 e. The quantitative estimate of drug-likeness (QED) is 0.155. The van der Waals surface area contributed by atoms with E-state index >= 15 is 0 Å². The molecule has 120 valence electrons. The van der Waals surface area contributed by atoms with Gasteiger partial charge in [0.25, 0.3) is 0 Å². The van der Waals surface area contributed by atoms with Crippen molar-refractivity contribution in [2.24, 2.45) is 0 Å². The van der Waals surface area contributed by atoms with Gasteiger partial charge in [-0.25, -0.2) is 0 Å². The number of esters is 1. The zero-order valence-corrected chi connectivity index (χ0v) is 15.6.